The summed E-state index contributed by atoms with van der Waals surface area (Å²) in [5, 5.41) is 1.09. The Morgan fingerprint density at radius 3 is 2.89 bits per heavy atom. The summed E-state index contributed by atoms with van der Waals surface area (Å²) in [6.07, 6.45) is 7.50. The summed E-state index contributed by atoms with van der Waals surface area (Å²) in [6, 6.07) is 16.3. The number of anilines is 1. The van der Waals surface area contributed by atoms with Crippen molar-refractivity contribution in [1.82, 2.24) is 9.71 Å². The minimum absolute atomic E-state index is 0.0981. The fourth-order valence-corrected chi connectivity index (χ4v) is 5.02. The number of hydrogen-bond acceptors (Lipinski definition) is 5. The fraction of sp³-hybridized carbons (Fsp3) is 0.174. The summed E-state index contributed by atoms with van der Waals surface area (Å²) in [5.41, 5.74) is 10.2. The lowest BCUT2D eigenvalue weighted by atomic mass is 9.91. The van der Waals surface area contributed by atoms with Gasteiger partial charge in [-0.3, -0.25) is 0 Å². The molecule has 0 saturated carbocycles. The van der Waals surface area contributed by atoms with E-state index in [2.05, 4.69) is 60.7 Å². The molecular formula is C23H23N3S2. The SMILES string of the molecule is C=C1C=C(CC(NSc2cccc(N)c2)c2nc3ccccc3s2)C=CC1C. The summed E-state index contributed by atoms with van der Waals surface area (Å²) >= 11 is 3.35. The number of allylic oxidation sites excluding steroid dienone is 4. The third-order valence-corrected chi connectivity index (χ3v) is 6.82. The van der Waals surface area contributed by atoms with E-state index in [0.29, 0.717) is 5.92 Å². The third kappa shape index (κ3) is 4.38. The zero-order valence-electron chi connectivity index (χ0n) is 15.8. The first-order valence-electron chi connectivity index (χ1n) is 9.29. The molecule has 3 N–H and O–H groups in total. The zero-order chi connectivity index (χ0) is 19.5. The van der Waals surface area contributed by atoms with Gasteiger partial charge in [-0.1, -0.05) is 49.9 Å². The molecule has 0 spiro atoms. The van der Waals surface area contributed by atoms with E-state index >= 15 is 0 Å². The molecule has 0 fully saturated rings. The molecule has 3 aromatic rings. The van der Waals surface area contributed by atoms with Crippen LogP contribution in [0.4, 0.5) is 5.69 Å². The lowest BCUT2D eigenvalue weighted by molar-refractivity contribution is 0.667. The standard InChI is InChI=1S/C23H23N3S2/c1-15-10-11-17(12-16(15)2)13-21(26-28-19-7-5-6-18(24)14-19)23-25-20-8-3-4-9-22(20)27-23/h3-12,14-15,21,26H,2,13,24H2,1H3. The first-order chi connectivity index (χ1) is 13.6. The van der Waals surface area contributed by atoms with Crippen LogP contribution in [0.25, 0.3) is 10.2 Å². The second kappa shape index (κ2) is 8.35. The van der Waals surface area contributed by atoms with Gasteiger partial charge in [0.1, 0.15) is 5.01 Å². The van der Waals surface area contributed by atoms with Gasteiger partial charge in [0, 0.05) is 10.6 Å². The van der Waals surface area contributed by atoms with Crippen molar-refractivity contribution in [2.45, 2.75) is 24.3 Å². The molecule has 1 aliphatic rings. The van der Waals surface area contributed by atoms with Gasteiger partial charge in [-0.2, -0.15) is 0 Å². The summed E-state index contributed by atoms with van der Waals surface area (Å²) in [5.74, 6) is 0.402. The molecule has 1 aromatic heterocycles. The van der Waals surface area contributed by atoms with Crippen LogP contribution in [0.15, 0.2) is 89.4 Å². The molecule has 5 heteroatoms. The van der Waals surface area contributed by atoms with Crippen molar-refractivity contribution in [3.8, 4) is 0 Å². The molecule has 3 nitrogen and oxygen atoms in total. The van der Waals surface area contributed by atoms with Crippen molar-refractivity contribution in [3.05, 3.63) is 89.5 Å². The highest BCUT2D eigenvalue weighted by Gasteiger charge is 2.19. The third-order valence-electron chi connectivity index (χ3n) is 4.78. The van der Waals surface area contributed by atoms with Crippen LogP contribution in [0, 0.1) is 5.92 Å². The average molecular weight is 406 g/mol. The number of aromatic nitrogens is 1. The molecule has 0 radical (unpaired) electrons. The molecule has 0 amide bonds. The number of nitrogens with zero attached hydrogens (tertiary/aromatic N) is 1. The number of nitrogen functional groups attached to an aromatic ring is 1. The summed E-state index contributed by atoms with van der Waals surface area (Å²) in [4.78, 5) is 5.98. The number of hydrogen-bond donors (Lipinski definition) is 2. The van der Waals surface area contributed by atoms with Gasteiger partial charge in [-0.05, 0) is 65.8 Å². The van der Waals surface area contributed by atoms with Gasteiger partial charge in [-0.25, -0.2) is 9.71 Å². The Bertz CT molecular complexity index is 1030. The van der Waals surface area contributed by atoms with E-state index in [4.69, 9.17) is 10.7 Å². The molecule has 28 heavy (non-hydrogen) atoms. The Morgan fingerprint density at radius 2 is 2.11 bits per heavy atom. The fourth-order valence-electron chi connectivity index (χ4n) is 3.11. The highest BCUT2D eigenvalue weighted by atomic mass is 32.2. The Labute approximate surface area is 174 Å². The topological polar surface area (TPSA) is 50.9 Å². The Hall–Kier alpha value is -2.34. The van der Waals surface area contributed by atoms with Crippen molar-refractivity contribution < 1.29 is 0 Å². The van der Waals surface area contributed by atoms with Crippen LogP contribution < -0.4 is 10.5 Å². The van der Waals surface area contributed by atoms with E-state index in [1.54, 1.807) is 23.3 Å². The molecular weight excluding hydrogens is 382 g/mol. The lowest BCUT2D eigenvalue weighted by Gasteiger charge is -2.20. The smallest absolute Gasteiger partial charge is 0.112 e. The van der Waals surface area contributed by atoms with Crippen LogP contribution in [0.2, 0.25) is 0 Å². The maximum absolute atomic E-state index is 5.93. The predicted molar refractivity (Wildman–Crippen MR) is 122 cm³/mol. The normalized spacial score (nSPS) is 17.7. The number of benzene rings is 2. The predicted octanol–water partition coefficient (Wildman–Crippen LogP) is 6.30. The van der Waals surface area contributed by atoms with E-state index in [-0.39, 0.29) is 6.04 Å². The van der Waals surface area contributed by atoms with Crippen LogP contribution in [0.1, 0.15) is 24.4 Å². The molecule has 2 atom stereocenters. The monoisotopic (exact) mass is 405 g/mol. The van der Waals surface area contributed by atoms with Gasteiger partial charge in [0.05, 0.1) is 16.3 Å². The minimum Gasteiger partial charge on any atom is -0.399 e. The number of fused-ring (bicyclic) bond motifs is 1. The molecule has 0 bridgehead atoms. The number of nitrogens with one attached hydrogen (secondary N) is 1. The van der Waals surface area contributed by atoms with Crippen LogP contribution in [-0.4, -0.2) is 4.98 Å². The molecule has 2 aromatic carbocycles. The van der Waals surface area contributed by atoms with Gasteiger partial charge in [-0.15, -0.1) is 11.3 Å². The van der Waals surface area contributed by atoms with E-state index in [1.807, 2.05) is 24.3 Å². The van der Waals surface area contributed by atoms with Crippen LogP contribution in [0.5, 0.6) is 0 Å². The van der Waals surface area contributed by atoms with Crippen molar-refractivity contribution >= 4 is 39.2 Å². The van der Waals surface area contributed by atoms with Crippen molar-refractivity contribution in [2.24, 2.45) is 5.92 Å². The highest BCUT2D eigenvalue weighted by Crippen LogP contribution is 2.34. The van der Waals surface area contributed by atoms with Crippen molar-refractivity contribution in [3.63, 3.8) is 0 Å². The molecule has 2 unspecified atom stereocenters. The Morgan fingerprint density at radius 1 is 1.25 bits per heavy atom. The molecule has 1 heterocycles. The Kier molecular flexibility index (Phi) is 5.67. The van der Waals surface area contributed by atoms with Gasteiger partial charge in [0.15, 0.2) is 0 Å². The van der Waals surface area contributed by atoms with E-state index in [1.165, 1.54) is 10.3 Å². The minimum atomic E-state index is 0.0981. The summed E-state index contributed by atoms with van der Waals surface area (Å²) in [6.45, 7) is 6.36. The van der Waals surface area contributed by atoms with E-state index in [9.17, 15) is 0 Å². The van der Waals surface area contributed by atoms with Crippen molar-refractivity contribution in [1.29, 1.82) is 0 Å². The second-order valence-corrected chi connectivity index (χ2v) is 8.98. The number of thiazole rings is 1. The van der Waals surface area contributed by atoms with Gasteiger partial charge < -0.3 is 5.73 Å². The maximum atomic E-state index is 5.93. The highest BCUT2D eigenvalue weighted by molar-refractivity contribution is 7.97. The van der Waals surface area contributed by atoms with Crippen LogP contribution >= 0.6 is 23.3 Å². The average Bonchev–Trinajstić information content (AvgIpc) is 3.12. The van der Waals surface area contributed by atoms with Crippen molar-refractivity contribution in [2.75, 3.05) is 5.73 Å². The number of rotatable bonds is 6. The largest absolute Gasteiger partial charge is 0.399 e. The number of nitrogens with two attached hydrogens (primary N) is 1. The van der Waals surface area contributed by atoms with Gasteiger partial charge in [0.25, 0.3) is 0 Å². The van der Waals surface area contributed by atoms with Crippen LogP contribution in [0.3, 0.4) is 0 Å². The lowest BCUT2D eigenvalue weighted by Crippen LogP contribution is -2.15. The second-order valence-electron chi connectivity index (χ2n) is 7.01. The molecule has 0 saturated heterocycles. The quantitative estimate of drug-likeness (QED) is 0.373. The summed E-state index contributed by atoms with van der Waals surface area (Å²) in [7, 11) is 0. The Balaban J connectivity index is 1.59. The zero-order valence-corrected chi connectivity index (χ0v) is 17.4. The van der Waals surface area contributed by atoms with Gasteiger partial charge in [0.2, 0.25) is 0 Å². The summed E-state index contributed by atoms with van der Waals surface area (Å²) < 4.78 is 4.83. The molecule has 142 valence electrons. The first kappa shape index (κ1) is 19.0. The molecule has 0 aliphatic heterocycles. The molecule has 4 rings (SSSR count). The van der Waals surface area contributed by atoms with Gasteiger partial charge >= 0.3 is 0 Å². The molecule has 1 aliphatic carbocycles. The first-order valence-corrected chi connectivity index (χ1v) is 10.9. The maximum Gasteiger partial charge on any atom is 0.112 e. The van der Waals surface area contributed by atoms with E-state index in [0.717, 1.165) is 33.1 Å². The van der Waals surface area contributed by atoms with E-state index < -0.39 is 0 Å². The number of para-hydroxylation sites is 1. The van der Waals surface area contributed by atoms with Crippen LogP contribution in [-0.2, 0) is 0 Å².